The molecule has 0 bridgehead atoms. The molecule has 0 aliphatic rings. The molecule has 3 aromatic heterocycles. The number of fused-ring (bicyclic) bond motifs is 3. The lowest BCUT2D eigenvalue weighted by atomic mass is 10.3. The van der Waals surface area contributed by atoms with Crippen molar-refractivity contribution in [3.8, 4) is 0 Å². The van der Waals surface area contributed by atoms with Crippen molar-refractivity contribution in [2.45, 2.75) is 26.5 Å². The molecular weight excluding hydrogens is 342 g/mol. The highest BCUT2D eigenvalue weighted by Gasteiger charge is 2.20. The molecule has 7 nitrogen and oxygen atoms in total. The number of rotatable bonds is 4. The predicted molar refractivity (Wildman–Crippen MR) is 87.1 cm³/mol. The fraction of sp³-hybridized carbons (Fsp3) is 0.357. The van der Waals surface area contributed by atoms with Crippen LogP contribution in [-0.2, 0) is 16.1 Å². The van der Waals surface area contributed by atoms with Gasteiger partial charge in [-0.05, 0) is 26.0 Å². The van der Waals surface area contributed by atoms with Crippen molar-refractivity contribution in [2.24, 2.45) is 0 Å². The Morgan fingerprint density at radius 1 is 1.48 bits per heavy atom. The molecule has 0 saturated heterocycles. The number of halogens is 1. The van der Waals surface area contributed by atoms with E-state index in [2.05, 4.69) is 5.10 Å². The van der Waals surface area contributed by atoms with Gasteiger partial charge in [-0.2, -0.15) is 5.10 Å². The molecule has 0 aliphatic heterocycles. The Morgan fingerprint density at radius 2 is 2.22 bits per heavy atom. The summed E-state index contributed by atoms with van der Waals surface area (Å²) in [6.45, 7) is 3.14. The monoisotopic (exact) mass is 355 g/mol. The van der Waals surface area contributed by atoms with E-state index in [9.17, 15) is 14.7 Å². The third-order valence-electron chi connectivity index (χ3n) is 3.32. The van der Waals surface area contributed by atoms with E-state index in [-0.39, 0.29) is 19.0 Å². The largest absolute Gasteiger partial charge is 0.465 e. The average Bonchev–Trinajstić information content (AvgIpc) is 2.98. The molecular formula is C14H14ClN3O4S. The molecule has 0 spiro atoms. The summed E-state index contributed by atoms with van der Waals surface area (Å²) >= 11 is 7.34. The van der Waals surface area contributed by atoms with E-state index in [1.165, 1.54) is 11.3 Å². The van der Waals surface area contributed by atoms with Gasteiger partial charge in [-0.25, -0.2) is 4.68 Å². The van der Waals surface area contributed by atoms with E-state index in [4.69, 9.17) is 16.3 Å². The van der Waals surface area contributed by atoms with Gasteiger partial charge in [0.1, 0.15) is 18.2 Å². The zero-order chi connectivity index (χ0) is 16.7. The summed E-state index contributed by atoms with van der Waals surface area (Å²) < 4.78 is 8.83. The van der Waals surface area contributed by atoms with Crippen LogP contribution in [0.5, 0.6) is 0 Å². The first-order chi connectivity index (χ1) is 10.9. The average molecular weight is 356 g/mol. The topological polar surface area (TPSA) is 85.8 Å². The molecule has 3 aromatic rings. The molecule has 0 fully saturated rings. The molecule has 3 heterocycles. The van der Waals surface area contributed by atoms with Crippen molar-refractivity contribution < 1.29 is 14.6 Å². The van der Waals surface area contributed by atoms with Crippen molar-refractivity contribution >= 4 is 44.6 Å². The smallest absolute Gasteiger partial charge is 0.327 e. The Balaban J connectivity index is 2.26. The summed E-state index contributed by atoms with van der Waals surface area (Å²) in [4.78, 5) is 24.2. The fourth-order valence-electron chi connectivity index (χ4n) is 2.42. The molecule has 1 unspecified atom stereocenters. The van der Waals surface area contributed by atoms with Crippen molar-refractivity contribution in [2.75, 3.05) is 6.61 Å². The second kappa shape index (κ2) is 5.95. The van der Waals surface area contributed by atoms with Gasteiger partial charge in [-0.1, -0.05) is 11.6 Å². The third-order valence-corrected chi connectivity index (χ3v) is 4.52. The minimum atomic E-state index is -0.930. The van der Waals surface area contributed by atoms with Crippen LogP contribution in [0.1, 0.15) is 25.8 Å². The predicted octanol–water partition coefficient (Wildman–Crippen LogP) is 1.98. The number of nitrogens with zero attached hydrogens (tertiary/aromatic N) is 3. The number of carbonyl (C=O) groups excluding carboxylic acids is 1. The maximum atomic E-state index is 12.6. The second-order valence-corrected chi connectivity index (χ2v) is 6.68. The molecule has 122 valence electrons. The van der Waals surface area contributed by atoms with Gasteiger partial charge < -0.3 is 9.84 Å². The van der Waals surface area contributed by atoms with Crippen LogP contribution in [0.15, 0.2) is 16.9 Å². The van der Waals surface area contributed by atoms with Crippen LogP contribution in [0.4, 0.5) is 0 Å². The molecule has 0 radical (unpaired) electrons. The first-order valence-corrected chi connectivity index (χ1v) is 8.17. The minimum absolute atomic E-state index is 0.221. The highest BCUT2D eigenvalue weighted by Crippen LogP contribution is 2.32. The molecule has 0 aliphatic carbocycles. The van der Waals surface area contributed by atoms with E-state index in [1.54, 1.807) is 30.4 Å². The Kier molecular flexibility index (Phi) is 4.13. The second-order valence-electron chi connectivity index (χ2n) is 4.97. The van der Waals surface area contributed by atoms with E-state index < -0.39 is 17.6 Å². The molecule has 23 heavy (non-hydrogen) atoms. The molecule has 0 amide bonds. The van der Waals surface area contributed by atoms with Gasteiger partial charge in [0.05, 0.1) is 21.2 Å². The van der Waals surface area contributed by atoms with E-state index in [0.29, 0.717) is 15.4 Å². The summed E-state index contributed by atoms with van der Waals surface area (Å²) in [6.07, 6.45) is -0.930. The first kappa shape index (κ1) is 16.0. The number of ether oxygens (including phenoxy) is 1. The van der Waals surface area contributed by atoms with Crippen LogP contribution in [-0.4, -0.2) is 31.9 Å². The van der Waals surface area contributed by atoms with E-state index in [0.717, 1.165) is 9.38 Å². The van der Waals surface area contributed by atoms with Gasteiger partial charge >= 0.3 is 5.97 Å². The van der Waals surface area contributed by atoms with Crippen molar-refractivity contribution in [3.05, 3.63) is 32.6 Å². The summed E-state index contributed by atoms with van der Waals surface area (Å²) in [7, 11) is 0. The standard InChI is InChI=1S/C14H14ClN3O4S/c1-3-22-12(20)6-17-14(21)9-4-10-8(5-11(15)23-10)18(9)13(16-17)7(2)19/h4-5,7,19H,3,6H2,1-2H3. The van der Waals surface area contributed by atoms with Crippen LogP contribution in [0.3, 0.4) is 0 Å². The molecule has 0 saturated carbocycles. The van der Waals surface area contributed by atoms with Crippen molar-refractivity contribution in [1.29, 1.82) is 0 Å². The van der Waals surface area contributed by atoms with Crippen LogP contribution >= 0.6 is 22.9 Å². The molecule has 9 heteroatoms. The zero-order valence-electron chi connectivity index (χ0n) is 12.4. The number of esters is 1. The quantitative estimate of drug-likeness (QED) is 0.723. The van der Waals surface area contributed by atoms with Crippen molar-refractivity contribution in [1.82, 2.24) is 14.2 Å². The van der Waals surface area contributed by atoms with Gasteiger partial charge in [0.25, 0.3) is 5.56 Å². The van der Waals surface area contributed by atoms with Gasteiger partial charge in [0.15, 0.2) is 5.82 Å². The lowest BCUT2D eigenvalue weighted by Crippen LogP contribution is -2.31. The summed E-state index contributed by atoms with van der Waals surface area (Å²) in [6, 6.07) is 3.40. The van der Waals surface area contributed by atoms with Gasteiger partial charge in [0.2, 0.25) is 0 Å². The number of hydrogen-bond acceptors (Lipinski definition) is 6. The Labute approximate surface area is 139 Å². The van der Waals surface area contributed by atoms with Gasteiger partial charge in [0, 0.05) is 0 Å². The highest BCUT2D eigenvalue weighted by atomic mass is 35.5. The highest BCUT2D eigenvalue weighted by molar-refractivity contribution is 7.22. The van der Waals surface area contributed by atoms with Crippen molar-refractivity contribution in [3.63, 3.8) is 0 Å². The molecule has 1 N–H and O–H groups in total. The molecule has 3 rings (SSSR count). The SMILES string of the molecule is CCOC(=O)Cn1nc(C(C)O)n2c(cc3sc(Cl)cc32)c1=O. The first-order valence-electron chi connectivity index (χ1n) is 6.97. The maximum Gasteiger partial charge on any atom is 0.327 e. The number of aliphatic hydroxyl groups is 1. The van der Waals surface area contributed by atoms with Gasteiger partial charge in [-0.3, -0.25) is 14.0 Å². The van der Waals surface area contributed by atoms with Crippen LogP contribution in [0.25, 0.3) is 15.7 Å². The fourth-order valence-corrected chi connectivity index (χ4v) is 3.58. The number of aromatic nitrogens is 3. The summed E-state index contributed by atoms with van der Waals surface area (Å²) in [5, 5.41) is 14.1. The van der Waals surface area contributed by atoms with Crippen LogP contribution < -0.4 is 5.56 Å². The van der Waals surface area contributed by atoms with Gasteiger partial charge in [-0.15, -0.1) is 11.3 Å². The minimum Gasteiger partial charge on any atom is -0.465 e. The number of aliphatic hydroxyl groups excluding tert-OH is 1. The number of thiophene rings is 1. The Hall–Kier alpha value is -1.90. The normalized spacial score (nSPS) is 12.9. The third kappa shape index (κ3) is 2.73. The zero-order valence-corrected chi connectivity index (χ0v) is 14.0. The molecule has 1 atom stereocenters. The lowest BCUT2D eigenvalue weighted by Gasteiger charge is -2.12. The maximum absolute atomic E-state index is 12.6. The lowest BCUT2D eigenvalue weighted by molar-refractivity contribution is -0.144. The Bertz CT molecular complexity index is 956. The van der Waals surface area contributed by atoms with Crippen LogP contribution in [0, 0.1) is 0 Å². The Morgan fingerprint density at radius 3 is 2.87 bits per heavy atom. The van der Waals surface area contributed by atoms with Crippen LogP contribution in [0.2, 0.25) is 4.34 Å². The summed E-state index contributed by atoms with van der Waals surface area (Å²) in [5.74, 6) is -0.298. The number of hydrogen-bond donors (Lipinski definition) is 1. The summed E-state index contributed by atoms with van der Waals surface area (Å²) in [5.41, 5.74) is 0.610. The van der Waals surface area contributed by atoms with E-state index in [1.807, 2.05) is 0 Å². The number of carbonyl (C=O) groups is 1. The molecule has 0 aromatic carbocycles. The van der Waals surface area contributed by atoms with E-state index >= 15 is 0 Å².